The van der Waals surface area contributed by atoms with Crippen LogP contribution in [0.25, 0.3) is 0 Å². The van der Waals surface area contributed by atoms with Crippen LogP contribution in [0.1, 0.15) is 11.6 Å². The van der Waals surface area contributed by atoms with Crippen molar-refractivity contribution in [3.05, 3.63) is 89.4 Å². The summed E-state index contributed by atoms with van der Waals surface area (Å²) in [5, 5.41) is 2.26. The second-order valence-corrected chi connectivity index (χ2v) is 7.86. The Bertz CT molecular complexity index is 1140. The zero-order chi connectivity index (χ0) is 21.5. The maximum Gasteiger partial charge on any atom is 0.266 e. The molecule has 2 fully saturated rings. The van der Waals surface area contributed by atoms with Gasteiger partial charge in [-0.25, -0.2) is 9.96 Å². The monoisotopic (exact) mass is 434 g/mol. The van der Waals surface area contributed by atoms with Crippen molar-refractivity contribution in [1.82, 2.24) is 0 Å². The summed E-state index contributed by atoms with van der Waals surface area (Å²) >= 11 is 6.08. The molecule has 3 aromatic rings. The minimum absolute atomic E-state index is 0.304. The highest BCUT2D eigenvalue weighted by molar-refractivity contribution is 6.30. The van der Waals surface area contributed by atoms with Crippen molar-refractivity contribution in [3.63, 3.8) is 0 Å². The Hall–Kier alpha value is -3.35. The normalized spacial score (nSPS) is 22.7. The SMILES string of the molecule is COc1cccc(N2C(=O)[C@H]3[C@@H](c4ccc(Cl)cc4)N(c4ccccc4)O[C@H]3C2=O)c1. The van der Waals surface area contributed by atoms with E-state index in [4.69, 9.17) is 21.2 Å². The van der Waals surface area contributed by atoms with Crippen LogP contribution in [0, 0.1) is 5.92 Å². The highest BCUT2D eigenvalue weighted by Gasteiger charge is 2.60. The Morgan fingerprint density at radius 3 is 2.29 bits per heavy atom. The number of hydrogen-bond acceptors (Lipinski definition) is 5. The van der Waals surface area contributed by atoms with E-state index in [-0.39, 0.29) is 11.8 Å². The average Bonchev–Trinajstić information content (AvgIpc) is 3.31. The first-order valence-corrected chi connectivity index (χ1v) is 10.2. The summed E-state index contributed by atoms with van der Waals surface area (Å²) in [4.78, 5) is 34.2. The van der Waals surface area contributed by atoms with E-state index in [9.17, 15) is 9.59 Å². The molecule has 2 saturated heterocycles. The van der Waals surface area contributed by atoms with E-state index in [0.717, 1.165) is 11.3 Å². The van der Waals surface area contributed by atoms with Crippen molar-refractivity contribution in [2.24, 2.45) is 5.92 Å². The van der Waals surface area contributed by atoms with E-state index in [1.165, 1.54) is 4.90 Å². The second kappa shape index (κ2) is 7.72. The number of ether oxygens (including phenoxy) is 1. The molecule has 0 N–H and O–H groups in total. The molecule has 2 amide bonds. The maximum absolute atomic E-state index is 13.6. The Labute approximate surface area is 184 Å². The van der Waals surface area contributed by atoms with Gasteiger partial charge in [-0.2, -0.15) is 0 Å². The van der Waals surface area contributed by atoms with Gasteiger partial charge in [0, 0.05) is 11.1 Å². The van der Waals surface area contributed by atoms with Gasteiger partial charge < -0.3 is 4.74 Å². The Kier molecular flexibility index (Phi) is 4.88. The number of para-hydroxylation sites is 1. The molecule has 6 nitrogen and oxygen atoms in total. The predicted octanol–water partition coefficient (Wildman–Crippen LogP) is 4.40. The number of fused-ring (bicyclic) bond motifs is 1. The molecule has 0 unspecified atom stereocenters. The lowest BCUT2D eigenvalue weighted by atomic mass is 9.90. The van der Waals surface area contributed by atoms with Gasteiger partial charge in [0.1, 0.15) is 11.7 Å². The summed E-state index contributed by atoms with van der Waals surface area (Å²) in [6.45, 7) is 0. The molecule has 3 atom stereocenters. The number of hydrogen-bond donors (Lipinski definition) is 0. The van der Waals surface area contributed by atoms with Crippen molar-refractivity contribution in [2.45, 2.75) is 12.1 Å². The molecule has 0 aromatic heterocycles. The first kappa shape index (κ1) is 19.6. The number of carbonyl (C=O) groups excluding carboxylic acids is 2. The van der Waals surface area contributed by atoms with Gasteiger partial charge in [0.25, 0.3) is 5.91 Å². The van der Waals surface area contributed by atoms with Gasteiger partial charge in [-0.1, -0.05) is 48.0 Å². The van der Waals surface area contributed by atoms with Gasteiger partial charge in [-0.05, 0) is 42.0 Å². The molecule has 31 heavy (non-hydrogen) atoms. The molecule has 0 aliphatic carbocycles. The lowest BCUT2D eigenvalue weighted by Gasteiger charge is -2.28. The molecule has 7 heteroatoms. The van der Waals surface area contributed by atoms with Crippen LogP contribution in [0.2, 0.25) is 5.02 Å². The molecule has 2 heterocycles. The van der Waals surface area contributed by atoms with Crippen LogP contribution in [0.5, 0.6) is 5.75 Å². The molecular weight excluding hydrogens is 416 g/mol. The zero-order valence-corrected chi connectivity index (χ0v) is 17.4. The largest absolute Gasteiger partial charge is 0.497 e. The van der Waals surface area contributed by atoms with Gasteiger partial charge in [0.05, 0.1) is 24.5 Å². The van der Waals surface area contributed by atoms with Crippen LogP contribution in [0.15, 0.2) is 78.9 Å². The van der Waals surface area contributed by atoms with E-state index >= 15 is 0 Å². The van der Waals surface area contributed by atoms with Crippen molar-refractivity contribution in [3.8, 4) is 5.75 Å². The van der Waals surface area contributed by atoms with E-state index in [0.29, 0.717) is 16.5 Å². The van der Waals surface area contributed by atoms with Crippen LogP contribution in [0.3, 0.4) is 0 Å². The van der Waals surface area contributed by atoms with Crippen molar-refractivity contribution < 1.29 is 19.2 Å². The molecule has 156 valence electrons. The lowest BCUT2D eigenvalue weighted by molar-refractivity contribution is -0.126. The topological polar surface area (TPSA) is 59.1 Å². The van der Waals surface area contributed by atoms with Gasteiger partial charge in [0.2, 0.25) is 5.91 Å². The highest BCUT2D eigenvalue weighted by Crippen LogP contribution is 2.47. The number of methoxy groups -OCH3 is 1. The zero-order valence-electron chi connectivity index (χ0n) is 16.6. The fraction of sp³-hybridized carbons (Fsp3) is 0.167. The number of rotatable bonds is 4. The summed E-state index contributed by atoms with van der Waals surface area (Å²) < 4.78 is 5.25. The molecule has 2 aliphatic heterocycles. The second-order valence-electron chi connectivity index (χ2n) is 7.42. The summed E-state index contributed by atoms with van der Waals surface area (Å²) in [6, 6.07) is 23.1. The highest BCUT2D eigenvalue weighted by atomic mass is 35.5. The van der Waals surface area contributed by atoms with Crippen molar-refractivity contribution >= 4 is 34.8 Å². The van der Waals surface area contributed by atoms with Gasteiger partial charge in [-0.15, -0.1) is 0 Å². The number of anilines is 2. The number of halogens is 1. The summed E-state index contributed by atoms with van der Waals surface area (Å²) in [6.07, 6.45) is -0.917. The van der Waals surface area contributed by atoms with E-state index in [1.54, 1.807) is 48.6 Å². The molecule has 5 rings (SSSR count). The van der Waals surface area contributed by atoms with E-state index < -0.39 is 18.1 Å². The van der Waals surface area contributed by atoms with Crippen molar-refractivity contribution in [2.75, 3.05) is 17.1 Å². The third-order valence-corrected chi connectivity index (χ3v) is 5.90. The van der Waals surface area contributed by atoms with Gasteiger partial charge >= 0.3 is 0 Å². The Morgan fingerprint density at radius 1 is 0.871 bits per heavy atom. The summed E-state index contributed by atoms with van der Waals surface area (Å²) in [5.74, 6) is -0.821. The Morgan fingerprint density at radius 2 is 1.58 bits per heavy atom. The van der Waals surface area contributed by atoms with Crippen molar-refractivity contribution in [1.29, 1.82) is 0 Å². The quantitative estimate of drug-likeness (QED) is 0.570. The first-order chi connectivity index (χ1) is 15.1. The van der Waals surface area contributed by atoms with Crippen LogP contribution in [0.4, 0.5) is 11.4 Å². The molecule has 0 radical (unpaired) electrons. The molecular formula is C24H19ClN2O4. The first-order valence-electron chi connectivity index (χ1n) is 9.87. The van der Waals surface area contributed by atoms with Crippen LogP contribution >= 0.6 is 11.6 Å². The lowest BCUT2D eigenvalue weighted by Crippen LogP contribution is -2.37. The van der Waals surface area contributed by atoms with Crippen LogP contribution < -0.4 is 14.7 Å². The number of carbonyl (C=O) groups is 2. The number of benzene rings is 3. The minimum Gasteiger partial charge on any atom is -0.497 e. The fourth-order valence-corrected chi connectivity index (χ4v) is 4.34. The van der Waals surface area contributed by atoms with Gasteiger partial charge in [-0.3, -0.25) is 14.4 Å². The smallest absolute Gasteiger partial charge is 0.266 e. The van der Waals surface area contributed by atoms with E-state index in [2.05, 4.69) is 0 Å². The minimum atomic E-state index is -0.917. The maximum atomic E-state index is 13.6. The number of imide groups is 1. The van der Waals surface area contributed by atoms with Gasteiger partial charge in [0.15, 0.2) is 6.10 Å². The van der Waals surface area contributed by atoms with Crippen LogP contribution in [-0.2, 0) is 14.4 Å². The molecule has 3 aromatic carbocycles. The predicted molar refractivity (Wildman–Crippen MR) is 117 cm³/mol. The van der Waals surface area contributed by atoms with E-state index in [1.807, 2.05) is 42.5 Å². The summed E-state index contributed by atoms with van der Waals surface area (Å²) in [7, 11) is 1.54. The third-order valence-electron chi connectivity index (χ3n) is 5.65. The number of amides is 2. The summed E-state index contributed by atoms with van der Waals surface area (Å²) in [5.41, 5.74) is 2.08. The molecule has 2 aliphatic rings. The standard InChI is InChI=1S/C24H19ClN2O4/c1-30-19-9-5-8-18(14-19)26-23(28)20-21(15-10-12-16(25)13-11-15)27(31-22(20)24(26)29)17-6-3-2-4-7-17/h2-14,20-22H,1H3/t20-,21+,22+/m0/s1. The number of hydroxylamine groups is 1. The Balaban J connectivity index is 1.57. The van der Waals surface area contributed by atoms with Crippen LogP contribution in [-0.4, -0.2) is 25.0 Å². The number of nitrogens with zero attached hydrogens (tertiary/aromatic N) is 2. The fourth-order valence-electron chi connectivity index (χ4n) is 4.22. The molecule has 0 saturated carbocycles. The molecule has 0 bridgehead atoms. The average molecular weight is 435 g/mol. The third kappa shape index (κ3) is 3.24. The molecule has 0 spiro atoms.